The lowest BCUT2D eigenvalue weighted by Crippen LogP contribution is -2.35. The Hall–Kier alpha value is -1.69. The van der Waals surface area contributed by atoms with Crippen LogP contribution in [0.4, 0.5) is 5.82 Å². The molecular weight excluding hydrogens is 244 g/mol. The third-order valence-electron chi connectivity index (χ3n) is 2.88. The second kappa shape index (κ2) is 6.47. The fourth-order valence-corrected chi connectivity index (χ4v) is 2.02. The van der Waals surface area contributed by atoms with Crippen molar-refractivity contribution in [2.24, 2.45) is 0 Å². The molecule has 0 radical (unpaired) electrons. The number of anilines is 1. The molecule has 1 saturated heterocycles. The van der Waals surface area contributed by atoms with Crippen LogP contribution in [0.1, 0.15) is 37.2 Å². The summed E-state index contributed by atoms with van der Waals surface area (Å²) in [5.41, 5.74) is 0.335. The first-order valence-corrected chi connectivity index (χ1v) is 6.65. The Labute approximate surface area is 113 Å². The molecular formula is C13H20N4O2. The van der Waals surface area contributed by atoms with Gasteiger partial charge in [0.2, 0.25) is 0 Å². The molecule has 1 aromatic rings. The van der Waals surface area contributed by atoms with Crippen molar-refractivity contribution in [3.63, 3.8) is 0 Å². The Morgan fingerprint density at radius 2 is 2.16 bits per heavy atom. The summed E-state index contributed by atoms with van der Waals surface area (Å²) in [5, 5.41) is 6.65. The first-order chi connectivity index (χ1) is 9.17. The molecule has 0 amide bonds. The normalized spacial score (nSPS) is 16.4. The lowest BCUT2D eigenvalue weighted by molar-refractivity contribution is 0.111. The van der Waals surface area contributed by atoms with Gasteiger partial charge in [0, 0.05) is 12.1 Å². The molecule has 0 bridgehead atoms. The summed E-state index contributed by atoms with van der Waals surface area (Å²) < 4.78 is 5.45. The van der Waals surface area contributed by atoms with Crippen molar-refractivity contribution in [1.82, 2.24) is 15.3 Å². The summed E-state index contributed by atoms with van der Waals surface area (Å²) in [6.07, 6.45) is 2.78. The Morgan fingerprint density at radius 1 is 1.42 bits per heavy atom. The molecule has 0 aliphatic carbocycles. The van der Waals surface area contributed by atoms with Crippen molar-refractivity contribution in [2.75, 3.05) is 18.4 Å². The third kappa shape index (κ3) is 4.17. The van der Waals surface area contributed by atoms with E-state index >= 15 is 0 Å². The quantitative estimate of drug-likeness (QED) is 0.779. The lowest BCUT2D eigenvalue weighted by atomic mass is 10.1. The van der Waals surface area contributed by atoms with Crippen LogP contribution in [0, 0.1) is 0 Å². The van der Waals surface area contributed by atoms with Crippen LogP contribution in [0.5, 0.6) is 6.01 Å². The van der Waals surface area contributed by atoms with Gasteiger partial charge in [-0.2, -0.15) is 9.97 Å². The van der Waals surface area contributed by atoms with Crippen LogP contribution in [0.15, 0.2) is 6.07 Å². The van der Waals surface area contributed by atoms with Gasteiger partial charge in [0.1, 0.15) is 11.5 Å². The SMILES string of the molecule is CC(C)Oc1nc(C=O)cc(NC2CCNCC2)n1. The molecule has 19 heavy (non-hydrogen) atoms. The standard InChI is InChI=1S/C13H20N4O2/c1-9(2)19-13-16-11(8-18)7-12(17-13)15-10-3-5-14-6-4-10/h7-10,14H,3-6H2,1-2H3,(H,15,16,17). The minimum Gasteiger partial charge on any atom is -0.461 e. The zero-order valence-corrected chi connectivity index (χ0v) is 11.3. The highest BCUT2D eigenvalue weighted by atomic mass is 16.5. The van der Waals surface area contributed by atoms with Gasteiger partial charge < -0.3 is 15.4 Å². The number of carbonyl (C=O) groups excluding carboxylic acids is 1. The van der Waals surface area contributed by atoms with E-state index in [1.54, 1.807) is 6.07 Å². The number of rotatable bonds is 5. The summed E-state index contributed by atoms with van der Waals surface area (Å²) in [6.45, 7) is 5.80. The molecule has 2 N–H and O–H groups in total. The Morgan fingerprint density at radius 3 is 2.79 bits per heavy atom. The zero-order valence-electron chi connectivity index (χ0n) is 11.3. The first kappa shape index (κ1) is 13.7. The van der Waals surface area contributed by atoms with Crippen LogP contribution >= 0.6 is 0 Å². The number of hydrogen-bond acceptors (Lipinski definition) is 6. The second-order valence-corrected chi connectivity index (χ2v) is 4.91. The lowest BCUT2D eigenvalue weighted by Gasteiger charge is -2.24. The monoisotopic (exact) mass is 264 g/mol. The van der Waals surface area contributed by atoms with Crippen molar-refractivity contribution in [1.29, 1.82) is 0 Å². The third-order valence-corrected chi connectivity index (χ3v) is 2.88. The smallest absolute Gasteiger partial charge is 0.319 e. The van der Waals surface area contributed by atoms with E-state index in [0.29, 0.717) is 23.8 Å². The molecule has 2 rings (SSSR count). The maximum Gasteiger partial charge on any atom is 0.319 e. The molecule has 0 spiro atoms. The van der Waals surface area contributed by atoms with Gasteiger partial charge in [-0.15, -0.1) is 0 Å². The number of carbonyl (C=O) groups is 1. The molecule has 1 aliphatic rings. The Balaban J connectivity index is 2.11. The molecule has 0 unspecified atom stereocenters. The molecule has 0 atom stereocenters. The molecule has 1 aliphatic heterocycles. The second-order valence-electron chi connectivity index (χ2n) is 4.91. The predicted octanol–water partition coefficient (Wildman–Crippen LogP) is 1.24. The van der Waals surface area contributed by atoms with Crippen molar-refractivity contribution in [3.05, 3.63) is 11.8 Å². The van der Waals surface area contributed by atoms with Gasteiger partial charge in [0.25, 0.3) is 0 Å². The molecule has 2 heterocycles. The van der Waals surface area contributed by atoms with E-state index in [9.17, 15) is 4.79 Å². The number of hydrogen-bond donors (Lipinski definition) is 2. The number of nitrogens with zero attached hydrogens (tertiary/aromatic N) is 2. The van der Waals surface area contributed by atoms with Crippen LogP contribution in [0.2, 0.25) is 0 Å². The number of aldehydes is 1. The number of aromatic nitrogens is 2. The van der Waals surface area contributed by atoms with Crippen molar-refractivity contribution < 1.29 is 9.53 Å². The van der Waals surface area contributed by atoms with E-state index in [2.05, 4.69) is 20.6 Å². The highest BCUT2D eigenvalue weighted by Gasteiger charge is 2.14. The molecule has 6 nitrogen and oxygen atoms in total. The van der Waals surface area contributed by atoms with Crippen LogP contribution in [0.3, 0.4) is 0 Å². The van der Waals surface area contributed by atoms with Gasteiger partial charge >= 0.3 is 6.01 Å². The van der Waals surface area contributed by atoms with Gasteiger partial charge in [0.05, 0.1) is 6.10 Å². The predicted molar refractivity (Wildman–Crippen MR) is 72.7 cm³/mol. The highest BCUT2D eigenvalue weighted by Crippen LogP contribution is 2.15. The largest absolute Gasteiger partial charge is 0.461 e. The topological polar surface area (TPSA) is 76.1 Å². The average Bonchev–Trinajstić information content (AvgIpc) is 2.38. The molecule has 0 aromatic carbocycles. The summed E-state index contributed by atoms with van der Waals surface area (Å²) in [7, 11) is 0. The van der Waals surface area contributed by atoms with Crippen LogP contribution < -0.4 is 15.4 Å². The first-order valence-electron chi connectivity index (χ1n) is 6.65. The van der Waals surface area contributed by atoms with E-state index < -0.39 is 0 Å². The van der Waals surface area contributed by atoms with E-state index in [-0.39, 0.29) is 12.1 Å². The number of piperidine rings is 1. The van der Waals surface area contributed by atoms with Crippen LogP contribution in [-0.4, -0.2) is 41.5 Å². The Bertz CT molecular complexity index is 431. The fraction of sp³-hybridized carbons (Fsp3) is 0.615. The molecule has 104 valence electrons. The van der Waals surface area contributed by atoms with Crippen molar-refractivity contribution in [3.8, 4) is 6.01 Å². The van der Waals surface area contributed by atoms with Crippen molar-refractivity contribution >= 4 is 12.1 Å². The highest BCUT2D eigenvalue weighted by molar-refractivity contribution is 5.73. The Kier molecular flexibility index (Phi) is 4.68. The van der Waals surface area contributed by atoms with E-state index in [4.69, 9.17) is 4.74 Å². The molecule has 0 saturated carbocycles. The maximum absolute atomic E-state index is 10.9. The number of nitrogens with one attached hydrogen (secondary N) is 2. The fourth-order valence-electron chi connectivity index (χ4n) is 2.02. The molecule has 1 fully saturated rings. The molecule has 1 aromatic heterocycles. The van der Waals surface area contributed by atoms with Crippen molar-refractivity contribution in [2.45, 2.75) is 38.8 Å². The summed E-state index contributed by atoms with van der Waals surface area (Å²) in [4.78, 5) is 19.2. The molecule has 6 heteroatoms. The van der Waals surface area contributed by atoms with Gasteiger partial charge in [-0.3, -0.25) is 4.79 Å². The zero-order chi connectivity index (χ0) is 13.7. The van der Waals surface area contributed by atoms with E-state index in [1.165, 1.54) is 0 Å². The van der Waals surface area contributed by atoms with Gasteiger partial charge in [0.15, 0.2) is 6.29 Å². The van der Waals surface area contributed by atoms with Gasteiger partial charge in [-0.1, -0.05) is 0 Å². The van der Waals surface area contributed by atoms with Gasteiger partial charge in [-0.25, -0.2) is 0 Å². The average molecular weight is 264 g/mol. The van der Waals surface area contributed by atoms with E-state index in [1.807, 2.05) is 13.8 Å². The maximum atomic E-state index is 10.9. The minimum atomic E-state index is -0.0198. The van der Waals surface area contributed by atoms with Gasteiger partial charge in [-0.05, 0) is 39.8 Å². The summed E-state index contributed by atoms with van der Waals surface area (Å²) in [6, 6.07) is 2.28. The summed E-state index contributed by atoms with van der Waals surface area (Å²) >= 11 is 0. The van der Waals surface area contributed by atoms with E-state index in [0.717, 1.165) is 25.9 Å². The van der Waals surface area contributed by atoms with Crippen LogP contribution in [0.25, 0.3) is 0 Å². The number of ether oxygens (including phenoxy) is 1. The minimum absolute atomic E-state index is 0.0198. The van der Waals surface area contributed by atoms with Crippen LogP contribution in [-0.2, 0) is 0 Å². The summed E-state index contributed by atoms with van der Waals surface area (Å²) in [5.74, 6) is 0.652.